The van der Waals surface area contributed by atoms with Crippen LogP contribution in [0.5, 0.6) is 0 Å². The average molecular weight is 1160 g/mol. The van der Waals surface area contributed by atoms with Crippen LogP contribution in [0.4, 0.5) is 0 Å². The lowest BCUT2D eigenvalue weighted by atomic mass is 10.1. The zero-order valence-corrected chi connectivity index (χ0v) is 37.0. The van der Waals surface area contributed by atoms with Crippen LogP contribution >= 0.6 is 90.4 Å². The van der Waals surface area contributed by atoms with Crippen LogP contribution in [-0.2, 0) is 19.7 Å². The number of alkyl halides is 4. The van der Waals surface area contributed by atoms with Gasteiger partial charge in [0.25, 0.3) is 0 Å². The number of nitrogens with zero attached hydrogens (tertiary/aromatic N) is 4. The molecule has 0 aliphatic heterocycles. The smallest absolute Gasteiger partial charge is 0.199 e. The van der Waals surface area contributed by atoms with Crippen molar-refractivity contribution in [2.24, 2.45) is 0 Å². The maximum Gasteiger partial charge on any atom is 0.199 e. The Balaban J connectivity index is 0.000000180. The van der Waals surface area contributed by atoms with E-state index in [1.807, 2.05) is 177 Å². The van der Waals surface area contributed by atoms with Gasteiger partial charge in [0, 0.05) is 49.6 Å². The molecule has 0 unspecified atom stereocenters. The van der Waals surface area contributed by atoms with E-state index in [0.29, 0.717) is 9.79 Å². The van der Waals surface area contributed by atoms with Crippen LogP contribution in [0.3, 0.4) is 0 Å². The number of hydrogen-bond donors (Lipinski definition) is 0. The second-order valence-electron chi connectivity index (χ2n) is 10.2. The van der Waals surface area contributed by atoms with Gasteiger partial charge in [-0.2, -0.15) is 0 Å². The molecular formula is C36H32I4N4O4S2. The summed E-state index contributed by atoms with van der Waals surface area (Å²) in [6.45, 7) is 3.87. The second kappa shape index (κ2) is 21.4. The molecule has 6 aromatic rings. The Bertz CT molecular complexity index is 1850. The molecule has 6 rings (SSSR count). The minimum atomic E-state index is -3.12. The molecule has 2 aromatic carbocycles. The van der Waals surface area contributed by atoms with Gasteiger partial charge in [-0.15, -0.1) is 0 Å². The van der Waals surface area contributed by atoms with Gasteiger partial charge in [-0.05, 0) is 109 Å². The third-order valence-corrected chi connectivity index (χ3v) is 17.4. The fourth-order valence-corrected chi connectivity index (χ4v) is 8.80. The predicted molar refractivity (Wildman–Crippen MR) is 235 cm³/mol. The summed E-state index contributed by atoms with van der Waals surface area (Å²) in [5.41, 5.74) is 6.83. The number of pyridine rings is 4. The van der Waals surface area contributed by atoms with Crippen molar-refractivity contribution in [2.45, 2.75) is 26.2 Å². The van der Waals surface area contributed by atoms with Gasteiger partial charge in [0.1, 0.15) is 0 Å². The summed E-state index contributed by atoms with van der Waals surface area (Å²) in [6, 6.07) is 29.7. The van der Waals surface area contributed by atoms with Gasteiger partial charge in [-0.25, -0.2) is 16.8 Å². The number of aryl methyl sites for hydroxylation is 2. The molecule has 0 aliphatic rings. The SMILES string of the molecule is Cc1ccc(S(=O)(=O)C(I)I)cc1.Cc1ccc(S(=O)(=O)C(I)I)cc1.c1cc(-c2ccncc2)ccn1.c1cc(-c2ccncc2)ccn1. The van der Waals surface area contributed by atoms with Crippen molar-refractivity contribution < 1.29 is 16.8 Å². The zero-order valence-electron chi connectivity index (χ0n) is 26.8. The Labute approximate surface area is 348 Å². The van der Waals surface area contributed by atoms with E-state index in [1.54, 1.807) is 73.8 Å². The van der Waals surface area contributed by atoms with Crippen LogP contribution in [0.15, 0.2) is 156 Å². The number of sulfone groups is 2. The maximum atomic E-state index is 11.6. The summed E-state index contributed by atoms with van der Waals surface area (Å²) in [4.78, 5) is 16.6. The van der Waals surface area contributed by atoms with Crippen LogP contribution < -0.4 is 0 Å². The average Bonchev–Trinajstić information content (AvgIpc) is 3.14. The summed E-state index contributed by atoms with van der Waals surface area (Å²) in [7, 11) is -6.24. The Hall–Kier alpha value is -2.14. The molecular weight excluding hydrogens is 1120 g/mol. The highest BCUT2D eigenvalue weighted by Crippen LogP contribution is 2.26. The lowest BCUT2D eigenvalue weighted by molar-refractivity contribution is 0.599. The molecule has 8 nitrogen and oxygen atoms in total. The maximum absolute atomic E-state index is 11.6. The van der Waals surface area contributed by atoms with Gasteiger partial charge in [-0.1, -0.05) is 126 Å². The molecule has 0 radical (unpaired) electrons. The highest BCUT2D eigenvalue weighted by atomic mass is 127. The highest BCUT2D eigenvalue weighted by Gasteiger charge is 2.22. The minimum Gasteiger partial charge on any atom is -0.265 e. The third kappa shape index (κ3) is 13.8. The second-order valence-corrected chi connectivity index (χ2v) is 27.4. The quantitative estimate of drug-likeness (QED) is 0.120. The largest absolute Gasteiger partial charge is 0.265 e. The lowest BCUT2D eigenvalue weighted by Crippen LogP contribution is -2.07. The first-order valence-corrected chi connectivity index (χ1v) is 22.7. The Morgan fingerprint density at radius 2 is 0.580 bits per heavy atom. The monoisotopic (exact) mass is 1160 g/mol. The molecule has 14 heteroatoms. The van der Waals surface area contributed by atoms with E-state index < -0.39 is 22.2 Å². The van der Waals surface area contributed by atoms with Crippen LogP contribution in [-0.4, -0.2) is 39.3 Å². The Kier molecular flexibility index (Phi) is 18.1. The summed E-state index contributed by atoms with van der Waals surface area (Å²) in [6.07, 6.45) is 14.3. The zero-order chi connectivity index (χ0) is 36.6. The predicted octanol–water partition coefficient (Wildman–Crippen LogP) is 10.1. The summed E-state index contributed by atoms with van der Waals surface area (Å²) in [5.74, 6) is 0. The number of aromatic nitrogens is 4. The van der Waals surface area contributed by atoms with E-state index in [1.165, 1.54) is 22.3 Å². The van der Waals surface area contributed by atoms with E-state index in [2.05, 4.69) is 19.9 Å². The number of rotatable bonds is 6. The number of benzene rings is 2. The molecule has 0 amide bonds. The van der Waals surface area contributed by atoms with E-state index in [4.69, 9.17) is 0 Å². The van der Waals surface area contributed by atoms with Crippen molar-refractivity contribution in [3.8, 4) is 22.3 Å². The van der Waals surface area contributed by atoms with Crippen LogP contribution in [0.2, 0.25) is 0 Å². The molecule has 0 saturated heterocycles. The molecule has 4 aromatic heterocycles. The highest BCUT2D eigenvalue weighted by molar-refractivity contribution is 14.2. The molecule has 4 heterocycles. The third-order valence-electron chi connectivity index (χ3n) is 6.56. The molecule has 0 spiro atoms. The van der Waals surface area contributed by atoms with Gasteiger partial charge in [-0.3, -0.25) is 19.9 Å². The molecule has 0 N–H and O–H groups in total. The van der Waals surface area contributed by atoms with Gasteiger partial charge < -0.3 is 0 Å². The van der Waals surface area contributed by atoms with Crippen molar-refractivity contribution in [3.05, 3.63) is 158 Å². The standard InChI is InChI=1S/2C10H8N2.2C8H8I2O2S/c2*1-5-11-6-2-9(1)10-3-7-12-8-4-10;2*1-6-2-4-7(5-3-6)13(11,12)8(9)10/h2*1-8H;2*2-5,8H,1H3. The van der Waals surface area contributed by atoms with Crippen LogP contribution in [0.1, 0.15) is 11.1 Å². The molecule has 0 aliphatic carbocycles. The van der Waals surface area contributed by atoms with E-state index in [0.717, 1.165) is 11.1 Å². The molecule has 0 atom stereocenters. The molecule has 0 fully saturated rings. The van der Waals surface area contributed by atoms with E-state index in [-0.39, 0.29) is 0 Å². The lowest BCUT2D eigenvalue weighted by Gasteiger charge is -2.04. The Morgan fingerprint density at radius 1 is 0.380 bits per heavy atom. The summed E-state index contributed by atoms with van der Waals surface area (Å²) >= 11 is 7.58. The number of hydrogen-bond acceptors (Lipinski definition) is 8. The van der Waals surface area contributed by atoms with Crippen molar-refractivity contribution in [1.82, 2.24) is 19.9 Å². The normalized spacial score (nSPS) is 10.9. The van der Waals surface area contributed by atoms with Gasteiger partial charge in [0.2, 0.25) is 0 Å². The molecule has 260 valence electrons. The first kappa shape index (κ1) is 42.3. The van der Waals surface area contributed by atoms with Crippen molar-refractivity contribution in [3.63, 3.8) is 0 Å². The van der Waals surface area contributed by atoms with Crippen LogP contribution in [0.25, 0.3) is 22.3 Å². The fourth-order valence-electron chi connectivity index (χ4n) is 3.84. The van der Waals surface area contributed by atoms with Crippen molar-refractivity contribution >= 4 is 110 Å². The first-order valence-electron chi connectivity index (χ1n) is 14.6. The van der Waals surface area contributed by atoms with Crippen molar-refractivity contribution in [2.75, 3.05) is 0 Å². The number of halogens is 4. The minimum absolute atomic E-state index is 0.395. The van der Waals surface area contributed by atoms with E-state index in [9.17, 15) is 16.8 Å². The molecule has 50 heavy (non-hydrogen) atoms. The molecule has 0 bridgehead atoms. The van der Waals surface area contributed by atoms with Crippen LogP contribution in [0, 0.1) is 13.8 Å². The van der Waals surface area contributed by atoms with Gasteiger partial charge >= 0.3 is 0 Å². The van der Waals surface area contributed by atoms with Gasteiger partial charge in [0.05, 0.1) is 9.79 Å². The Morgan fingerprint density at radius 3 is 0.760 bits per heavy atom. The van der Waals surface area contributed by atoms with Gasteiger partial charge in [0.15, 0.2) is 22.2 Å². The fraction of sp³-hybridized carbons (Fsp3) is 0.111. The summed E-state index contributed by atoms with van der Waals surface area (Å²) in [5, 5.41) is 0. The molecule has 0 saturated carbocycles. The van der Waals surface area contributed by atoms with Crippen molar-refractivity contribution in [1.29, 1.82) is 0 Å². The first-order chi connectivity index (χ1) is 23.8. The topological polar surface area (TPSA) is 120 Å². The van der Waals surface area contributed by atoms with E-state index >= 15 is 0 Å². The summed E-state index contributed by atoms with van der Waals surface area (Å²) < 4.78 is 45.7.